The minimum absolute atomic E-state index is 0.264. The maximum atomic E-state index is 12.7. The molecule has 0 bridgehead atoms. The molecule has 1 saturated heterocycles. The average molecular weight is 408 g/mol. The normalized spacial score (nSPS) is 42.6. The molecule has 1 unspecified atom stereocenters. The third-order valence-electron chi connectivity index (χ3n) is 10.1. The van der Waals surface area contributed by atoms with Crippen molar-refractivity contribution < 1.29 is 9.59 Å². The fraction of sp³-hybridized carbons (Fsp3) is 0.704. The number of piperidine rings is 1. The van der Waals surface area contributed by atoms with Crippen LogP contribution in [0.3, 0.4) is 0 Å². The molecule has 4 aliphatic rings. The van der Waals surface area contributed by atoms with E-state index in [1.54, 1.807) is 0 Å². The van der Waals surface area contributed by atoms with E-state index in [4.69, 9.17) is 0 Å². The van der Waals surface area contributed by atoms with Crippen LogP contribution in [0.2, 0.25) is 0 Å². The zero-order valence-electron chi connectivity index (χ0n) is 18.7. The van der Waals surface area contributed by atoms with Gasteiger partial charge in [0.05, 0.1) is 0 Å². The highest BCUT2D eigenvalue weighted by Crippen LogP contribution is 2.66. The molecule has 3 nitrogen and oxygen atoms in total. The van der Waals surface area contributed by atoms with E-state index in [9.17, 15) is 9.59 Å². The minimum Gasteiger partial charge on any atom is -0.353 e. The Morgan fingerprint density at radius 1 is 0.967 bits per heavy atom. The van der Waals surface area contributed by atoms with Gasteiger partial charge in [-0.3, -0.25) is 9.59 Å². The summed E-state index contributed by atoms with van der Waals surface area (Å²) in [7, 11) is 0. The largest absolute Gasteiger partial charge is 0.353 e. The Hall–Kier alpha value is -1.64. The summed E-state index contributed by atoms with van der Waals surface area (Å²) in [6.45, 7) is 5.02. The van der Waals surface area contributed by atoms with Crippen molar-refractivity contribution in [1.82, 2.24) is 5.32 Å². The second kappa shape index (κ2) is 7.50. The Labute approximate surface area is 181 Å². The molecule has 1 amide bonds. The van der Waals surface area contributed by atoms with Crippen LogP contribution >= 0.6 is 0 Å². The molecule has 162 valence electrons. The highest BCUT2D eigenvalue weighted by molar-refractivity contribution is 5.95. The maximum Gasteiger partial charge on any atom is 0.220 e. The van der Waals surface area contributed by atoms with Crippen LogP contribution in [-0.4, -0.2) is 17.7 Å². The number of benzene rings is 1. The van der Waals surface area contributed by atoms with E-state index in [1.807, 2.05) is 30.3 Å². The molecule has 1 heterocycles. The van der Waals surface area contributed by atoms with Crippen molar-refractivity contribution >= 4 is 11.7 Å². The number of Topliss-reactive ketones (excluding diaryl/α,β-unsaturated/α-hetero) is 1. The molecule has 1 N–H and O–H groups in total. The van der Waals surface area contributed by atoms with Gasteiger partial charge in [-0.1, -0.05) is 44.2 Å². The predicted octanol–water partition coefficient (Wildman–Crippen LogP) is 5.79. The summed E-state index contributed by atoms with van der Waals surface area (Å²) in [6, 6.07) is 10.2. The molecule has 1 aliphatic heterocycles. The SMILES string of the molecule is C[C@]12CC[C@H]3[C@@H](CCC4NC(=O)CC[C@@]43C)[C@@H]1CC[C@@H]2CCC(=O)c1ccccc1. The van der Waals surface area contributed by atoms with E-state index in [0.29, 0.717) is 41.4 Å². The van der Waals surface area contributed by atoms with Crippen LogP contribution in [0.5, 0.6) is 0 Å². The van der Waals surface area contributed by atoms with E-state index in [1.165, 1.54) is 32.1 Å². The molecule has 4 fully saturated rings. The van der Waals surface area contributed by atoms with E-state index < -0.39 is 0 Å². The van der Waals surface area contributed by atoms with Crippen molar-refractivity contribution in [2.75, 3.05) is 0 Å². The summed E-state index contributed by atoms with van der Waals surface area (Å²) in [4.78, 5) is 24.7. The third kappa shape index (κ3) is 3.15. The lowest BCUT2D eigenvalue weighted by Crippen LogP contribution is -2.61. The summed E-state index contributed by atoms with van der Waals surface area (Å²) >= 11 is 0. The summed E-state index contributed by atoms with van der Waals surface area (Å²) in [5.74, 6) is 3.65. The standard InChI is InChI=1S/C27H37NO2/c1-26-16-14-22-20(10-13-24-27(22,2)17-15-25(30)28-24)21(26)11-8-19(26)9-12-23(29)18-6-4-3-5-7-18/h3-7,19-22,24H,8-17H2,1-2H3,(H,28,30)/t19-,20+,21+,22+,24?,26-,27-/m1/s1. The first kappa shape index (κ1) is 20.3. The lowest BCUT2D eigenvalue weighted by atomic mass is 9.47. The van der Waals surface area contributed by atoms with Gasteiger partial charge in [0, 0.05) is 24.4 Å². The van der Waals surface area contributed by atoms with Gasteiger partial charge in [-0.25, -0.2) is 0 Å². The van der Waals surface area contributed by atoms with Gasteiger partial charge < -0.3 is 5.32 Å². The first-order valence-corrected chi connectivity index (χ1v) is 12.3. The lowest BCUT2D eigenvalue weighted by Gasteiger charge is -2.60. The van der Waals surface area contributed by atoms with E-state index >= 15 is 0 Å². The number of hydrogen-bond donors (Lipinski definition) is 1. The molecule has 1 aromatic carbocycles. The predicted molar refractivity (Wildman–Crippen MR) is 119 cm³/mol. The number of ketones is 1. The van der Waals surface area contributed by atoms with Gasteiger partial charge in [-0.05, 0) is 85.9 Å². The number of rotatable bonds is 4. The van der Waals surface area contributed by atoms with Crippen molar-refractivity contribution in [1.29, 1.82) is 0 Å². The highest BCUT2D eigenvalue weighted by Gasteiger charge is 2.60. The number of hydrogen-bond acceptors (Lipinski definition) is 2. The Morgan fingerprint density at radius 2 is 1.73 bits per heavy atom. The van der Waals surface area contributed by atoms with Crippen LogP contribution < -0.4 is 5.32 Å². The van der Waals surface area contributed by atoms with E-state index in [2.05, 4.69) is 19.2 Å². The second-order valence-electron chi connectivity index (χ2n) is 11.2. The van der Waals surface area contributed by atoms with Crippen LogP contribution in [-0.2, 0) is 4.79 Å². The molecule has 0 radical (unpaired) electrons. The molecule has 3 heteroatoms. The van der Waals surface area contributed by atoms with Crippen molar-refractivity contribution in [3.05, 3.63) is 35.9 Å². The van der Waals surface area contributed by atoms with Crippen LogP contribution in [0.4, 0.5) is 0 Å². The molecule has 0 aromatic heterocycles. The Bertz CT molecular complexity index is 819. The number of amides is 1. The van der Waals surface area contributed by atoms with Crippen molar-refractivity contribution in [2.45, 2.75) is 84.1 Å². The fourth-order valence-corrected chi connectivity index (χ4v) is 8.36. The zero-order valence-corrected chi connectivity index (χ0v) is 18.7. The van der Waals surface area contributed by atoms with Crippen molar-refractivity contribution in [2.24, 2.45) is 34.5 Å². The van der Waals surface area contributed by atoms with Gasteiger partial charge >= 0.3 is 0 Å². The summed E-state index contributed by atoms with van der Waals surface area (Å²) in [5.41, 5.74) is 1.56. The van der Waals surface area contributed by atoms with Crippen LogP contribution in [0.1, 0.15) is 88.4 Å². The van der Waals surface area contributed by atoms with Gasteiger partial charge in [-0.15, -0.1) is 0 Å². The third-order valence-corrected chi connectivity index (χ3v) is 10.1. The highest BCUT2D eigenvalue weighted by atomic mass is 16.1. The maximum absolute atomic E-state index is 12.7. The second-order valence-corrected chi connectivity index (χ2v) is 11.2. The molecule has 3 aliphatic carbocycles. The Kier molecular flexibility index (Phi) is 5.07. The molecule has 1 aromatic rings. The number of carbonyl (C=O) groups excluding carboxylic acids is 2. The first-order chi connectivity index (χ1) is 14.4. The first-order valence-electron chi connectivity index (χ1n) is 12.3. The Morgan fingerprint density at radius 3 is 2.53 bits per heavy atom. The van der Waals surface area contributed by atoms with Gasteiger partial charge in [0.15, 0.2) is 5.78 Å². The fourth-order valence-electron chi connectivity index (χ4n) is 8.36. The van der Waals surface area contributed by atoms with Gasteiger partial charge in [0.1, 0.15) is 0 Å². The zero-order chi connectivity index (χ0) is 20.9. The van der Waals surface area contributed by atoms with E-state index in [-0.39, 0.29) is 5.91 Å². The molecule has 5 rings (SSSR count). The number of carbonyl (C=O) groups is 2. The molecule has 3 saturated carbocycles. The van der Waals surface area contributed by atoms with Gasteiger partial charge in [0.25, 0.3) is 0 Å². The summed E-state index contributed by atoms with van der Waals surface area (Å²) < 4.78 is 0. The topological polar surface area (TPSA) is 46.2 Å². The molecular weight excluding hydrogens is 370 g/mol. The summed E-state index contributed by atoms with van der Waals surface area (Å²) in [6.07, 6.45) is 11.2. The van der Waals surface area contributed by atoms with Crippen LogP contribution in [0.25, 0.3) is 0 Å². The molecule has 0 spiro atoms. The molecule has 7 atom stereocenters. The van der Waals surface area contributed by atoms with Crippen LogP contribution in [0.15, 0.2) is 30.3 Å². The number of fused-ring (bicyclic) bond motifs is 5. The van der Waals surface area contributed by atoms with Gasteiger partial charge in [-0.2, -0.15) is 0 Å². The Balaban J connectivity index is 1.28. The van der Waals surface area contributed by atoms with Gasteiger partial charge in [0.2, 0.25) is 5.91 Å². The monoisotopic (exact) mass is 407 g/mol. The molecular formula is C27H37NO2. The van der Waals surface area contributed by atoms with E-state index in [0.717, 1.165) is 42.6 Å². The summed E-state index contributed by atoms with van der Waals surface area (Å²) in [5, 5.41) is 3.34. The average Bonchev–Trinajstić information content (AvgIpc) is 3.09. The van der Waals surface area contributed by atoms with Crippen molar-refractivity contribution in [3.63, 3.8) is 0 Å². The smallest absolute Gasteiger partial charge is 0.220 e. The molecule has 30 heavy (non-hydrogen) atoms. The lowest BCUT2D eigenvalue weighted by molar-refractivity contribution is -0.136. The van der Waals surface area contributed by atoms with Crippen molar-refractivity contribution in [3.8, 4) is 0 Å². The van der Waals surface area contributed by atoms with Crippen LogP contribution in [0, 0.1) is 34.5 Å². The quantitative estimate of drug-likeness (QED) is 0.642. The number of nitrogens with one attached hydrogen (secondary N) is 1. The minimum atomic E-state index is 0.264.